The molecule has 0 radical (unpaired) electrons. The van der Waals surface area contributed by atoms with Crippen molar-refractivity contribution in [3.05, 3.63) is 59.9 Å². The summed E-state index contributed by atoms with van der Waals surface area (Å²) < 4.78 is 35.9. The minimum absolute atomic E-state index is 0.0571. The van der Waals surface area contributed by atoms with Crippen LogP contribution in [0, 0.1) is 5.82 Å². The Bertz CT molecular complexity index is 923. The molecule has 0 amide bonds. The first kappa shape index (κ1) is 19.1. The summed E-state index contributed by atoms with van der Waals surface area (Å²) in [4.78, 5) is 8.57. The largest absolute Gasteiger partial charge is 0.370 e. The fourth-order valence-corrected chi connectivity index (χ4v) is 3.52. The molecule has 0 atom stereocenters. The highest BCUT2D eigenvalue weighted by Gasteiger charge is 2.18. The van der Waals surface area contributed by atoms with Gasteiger partial charge in [0.15, 0.2) is 5.96 Å². The van der Waals surface area contributed by atoms with Crippen LogP contribution in [0.1, 0.15) is 5.56 Å². The Morgan fingerprint density at radius 3 is 2.37 bits per heavy atom. The molecule has 1 aliphatic heterocycles. The van der Waals surface area contributed by atoms with Crippen molar-refractivity contribution in [3.63, 3.8) is 0 Å². The summed E-state index contributed by atoms with van der Waals surface area (Å²) in [7, 11) is -3.74. The second-order valence-corrected chi connectivity index (χ2v) is 7.88. The number of hydrogen-bond acceptors (Lipinski definition) is 4. The van der Waals surface area contributed by atoms with Gasteiger partial charge in [-0.25, -0.2) is 22.9 Å². The molecule has 2 aromatic rings. The lowest BCUT2D eigenvalue weighted by molar-refractivity contribution is 0.380. The molecule has 1 heterocycles. The Morgan fingerprint density at radius 1 is 1.07 bits per heavy atom. The molecule has 0 saturated carbocycles. The molecule has 27 heavy (non-hydrogen) atoms. The van der Waals surface area contributed by atoms with Gasteiger partial charge in [-0.1, -0.05) is 12.1 Å². The number of aliphatic imine (C=N–C) groups is 1. The van der Waals surface area contributed by atoms with E-state index in [0.29, 0.717) is 19.0 Å². The lowest BCUT2D eigenvalue weighted by Gasteiger charge is -2.36. The first-order valence-electron chi connectivity index (χ1n) is 8.50. The van der Waals surface area contributed by atoms with Gasteiger partial charge in [0.2, 0.25) is 10.0 Å². The van der Waals surface area contributed by atoms with Crippen molar-refractivity contribution < 1.29 is 12.8 Å². The molecule has 7 nitrogen and oxygen atoms in total. The van der Waals surface area contributed by atoms with Crippen molar-refractivity contribution in [2.24, 2.45) is 15.9 Å². The van der Waals surface area contributed by atoms with E-state index in [1.54, 1.807) is 24.3 Å². The zero-order valence-corrected chi connectivity index (χ0v) is 15.6. The molecular weight excluding hydrogens is 369 g/mol. The third kappa shape index (κ3) is 4.95. The average molecular weight is 391 g/mol. The number of anilines is 1. The molecule has 144 valence electrons. The SMILES string of the molecule is NC(=NCc1cccc(S(N)(=O)=O)c1)N1CCN(c2ccc(F)cc2)CC1. The number of benzene rings is 2. The van der Waals surface area contributed by atoms with Crippen molar-refractivity contribution in [3.8, 4) is 0 Å². The minimum atomic E-state index is -3.74. The second-order valence-electron chi connectivity index (χ2n) is 6.32. The van der Waals surface area contributed by atoms with Crippen molar-refractivity contribution in [1.29, 1.82) is 0 Å². The van der Waals surface area contributed by atoms with E-state index in [9.17, 15) is 12.8 Å². The topological polar surface area (TPSA) is 105 Å². The van der Waals surface area contributed by atoms with Crippen LogP contribution in [-0.4, -0.2) is 45.5 Å². The van der Waals surface area contributed by atoms with E-state index in [0.717, 1.165) is 24.3 Å². The Kier molecular flexibility index (Phi) is 5.62. The number of nitrogens with zero attached hydrogens (tertiary/aromatic N) is 3. The van der Waals surface area contributed by atoms with Crippen LogP contribution in [0.3, 0.4) is 0 Å². The maximum absolute atomic E-state index is 13.0. The molecule has 0 aromatic heterocycles. The van der Waals surface area contributed by atoms with Crippen LogP contribution in [0.2, 0.25) is 0 Å². The van der Waals surface area contributed by atoms with Crippen LogP contribution >= 0.6 is 0 Å². The first-order chi connectivity index (χ1) is 12.8. The monoisotopic (exact) mass is 391 g/mol. The Balaban J connectivity index is 1.59. The second kappa shape index (κ2) is 7.93. The van der Waals surface area contributed by atoms with E-state index < -0.39 is 10.0 Å². The summed E-state index contributed by atoms with van der Waals surface area (Å²) in [5, 5.41) is 5.15. The maximum atomic E-state index is 13.0. The van der Waals surface area contributed by atoms with Crippen LogP contribution in [0.15, 0.2) is 58.4 Å². The van der Waals surface area contributed by atoms with Crippen molar-refractivity contribution in [2.75, 3.05) is 31.1 Å². The predicted molar refractivity (Wildman–Crippen MR) is 103 cm³/mol. The Labute approximate surface area is 158 Å². The van der Waals surface area contributed by atoms with Crippen molar-refractivity contribution in [2.45, 2.75) is 11.4 Å². The summed E-state index contributed by atoms with van der Waals surface area (Å²) in [6.45, 7) is 3.17. The molecular formula is C18H22FN5O2S. The number of nitrogens with two attached hydrogens (primary N) is 2. The first-order valence-corrected chi connectivity index (χ1v) is 10.0. The summed E-state index contributed by atoms with van der Waals surface area (Å²) in [6.07, 6.45) is 0. The van der Waals surface area contributed by atoms with Gasteiger partial charge in [-0.2, -0.15) is 0 Å². The Morgan fingerprint density at radius 2 is 1.74 bits per heavy atom. The van der Waals surface area contributed by atoms with Crippen LogP contribution in [0.25, 0.3) is 0 Å². The number of piperazine rings is 1. The third-order valence-electron chi connectivity index (χ3n) is 4.45. The lowest BCUT2D eigenvalue weighted by Crippen LogP contribution is -2.51. The molecule has 4 N–H and O–H groups in total. The highest BCUT2D eigenvalue weighted by Crippen LogP contribution is 2.17. The van der Waals surface area contributed by atoms with Gasteiger partial charge in [0.05, 0.1) is 11.4 Å². The number of hydrogen-bond donors (Lipinski definition) is 2. The van der Waals surface area contributed by atoms with E-state index in [-0.39, 0.29) is 17.3 Å². The van der Waals surface area contributed by atoms with Crippen LogP contribution in [0.5, 0.6) is 0 Å². The highest BCUT2D eigenvalue weighted by molar-refractivity contribution is 7.89. The van der Waals surface area contributed by atoms with E-state index in [2.05, 4.69) is 9.89 Å². The lowest BCUT2D eigenvalue weighted by atomic mass is 10.2. The molecule has 0 spiro atoms. The molecule has 0 aliphatic carbocycles. The van der Waals surface area contributed by atoms with E-state index in [1.807, 2.05) is 4.90 Å². The van der Waals surface area contributed by atoms with Crippen molar-refractivity contribution >= 4 is 21.7 Å². The van der Waals surface area contributed by atoms with E-state index in [1.165, 1.54) is 24.3 Å². The molecule has 1 fully saturated rings. The molecule has 2 aromatic carbocycles. The van der Waals surface area contributed by atoms with Gasteiger partial charge in [0.25, 0.3) is 0 Å². The predicted octanol–water partition coefficient (Wildman–Crippen LogP) is 1.11. The maximum Gasteiger partial charge on any atom is 0.238 e. The van der Waals surface area contributed by atoms with Gasteiger partial charge >= 0.3 is 0 Å². The number of rotatable bonds is 4. The average Bonchev–Trinajstić information content (AvgIpc) is 2.66. The number of halogens is 1. The zero-order chi connectivity index (χ0) is 19.4. The van der Waals surface area contributed by atoms with Gasteiger partial charge in [-0.15, -0.1) is 0 Å². The molecule has 1 aliphatic rings. The van der Waals surface area contributed by atoms with E-state index >= 15 is 0 Å². The normalized spacial score (nSPS) is 15.9. The standard InChI is InChI=1S/C18H22FN5O2S/c19-15-4-6-16(7-5-15)23-8-10-24(11-9-23)18(20)22-13-14-2-1-3-17(12-14)27(21,25)26/h1-7,12H,8-11,13H2,(H2,20,22)(H2,21,25,26). The Hall–Kier alpha value is -2.65. The van der Waals surface area contributed by atoms with Crippen LogP contribution in [0.4, 0.5) is 10.1 Å². The summed E-state index contributed by atoms with van der Waals surface area (Å²) in [6, 6.07) is 12.8. The fraction of sp³-hybridized carbons (Fsp3) is 0.278. The molecule has 3 rings (SSSR count). The summed E-state index contributed by atoms with van der Waals surface area (Å²) >= 11 is 0. The molecule has 0 unspecified atom stereocenters. The minimum Gasteiger partial charge on any atom is -0.370 e. The van der Waals surface area contributed by atoms with Gasteiger partial charge < -0.3 is 15.5 Å². The van der Waals surface area contributed by atoms with Gasteiger partial charge in [-0.3, -0.25) is 0 Å². The van der Waals surface area contributed by atoms with Gasteiger partial charge in [-0.05, 0) is 42.0 Å². The van der Waals surface area contributed by atoms with Crippen molar-refractivity contribution in [1.82, 2.24) is 4.90 Å². The van der Waals surface area contributed by atoms with Crippen LogP contribution in [-0.2, 0) is 16.6 Å². The summed E-state index contributed by atoms with van der Waals surface area (Å²) in [5.74, 6) is 0.162. The van der Waals surface area contributed by atoms with Crippen LogP contribution < -0.4 is 15.8 Å². The van der Waals surface area contributed by atoms with Gasteiger partial charge in [0, 0.05) is 31.9 Å². The molecule has 1 saturated heterocycles. The third-order valence-corrected chi connectivity index (χ3v) is 5.36. The zero-order valence-electron chi connectivity index (χ0n) is 14.8. The highest BCUT2D eigenvalue weighted by atomic mass is 32.2. The molecule has 9 heteroatoms. The van der Waals surface area contributed by atoms with E-state index in [4.69, 9.17) is 10.9 Å². The summed E-state index contributed by atoms with van der Waals surface area (Å²) in [5.41, 5.74) is 7.78. The number of primary sulfonamides is 1. The fourth-order valence-electron chi connectivity index (χ4n) is 2.94. The van der Waals surface area contributed by atoms with Gasteiger partial charge in [0.1, 0.15) is 5.82 Å². The smallest absolute Gasteiger partial charge is 0.238 e. The number of sulfonamides is 1. The quantitative estimate of drug-likeness (QED) is 0.600. The molecule has 0 bridgehead atoms. The number of guanidine groups is 1.